The highest BCUT2D eigenvalue weighted by molar-refractivity contribution is 5.72. The summed E-state index contributed by atoms with van der Waals surface area (Å²) in [6.07, 6.45) is 0.989. The highest BCUT2D eigenvalue weighted by atomic mass is 16.5. The first-order valence-electron chi connectivity index (χ1n) is 4.48. The standard InChI is InChI=1S/C10H16N2O/c1-3-7-13-9-6-4-5-8(12-2)10(9)11/h4-6,12H,3,7,11H2,1-2H3. The summed E-state index contributed by atoms with van der Waals surface area (Å²) in [7, 11) is 1.84. The van der Waals surface area contributed by atoms with Crippen LogP contribution in [0.4, 0.5) is 11.4 Å². The molecule has 72 valence electrons. The van der Waals surface area contributed by atoms with Crippen LogP contribution in [0, 0.1) is 0 Å². The fraction of sp³-hybridized carbons (Fsp3) is 0.400. The fourth-order valence-electron chi connectivity index (χ4n) is 1.10. The van der Waals surface area contributed by atoms with Gasteiger partial charge in [-0.2, -0.15) is 0 Å². The minimum atomic E-state index is 0.679. The third kappa shape index (κ3) is 2.28. The van der Waals surface area contributed by atoms with E-state index in [1.807, 2.05) is 25.2 Å². The van der Waals surface area contributed by atoms with Gasteiger partial charge in [0.25, 0.3) is 0 Å². The van der Waals surface area contributed by atoms with Crippen molar-refractivity contribution in [1.29, 1.82) is 0 Å². The van der Waals surface area contributed by atoms with Crippen LogP contribution in [0.3, 0.4) is 0 Å². The molecule has 0 aliphatic rings. The number of nitrogen functional groups attached to an aromatic ring is 1. The molecule has 1 rings (SSSR count). The Bertz CT molecular complexity index is 274. The van der Waals surface area contributed by atoms with Crippen molar-refractivity contribution in [3.05, 3.63) is 18.2 Å². The van der Waals surface area contributed by atoms with Crippen LogP contribution in [0.2, 0.25) is 0 Å². The molecule has 0 unspecified atom stereocenters. The molecule has 0 radical (unpaired) electrons. The van der Waals surface area contributed by atoms with Gasteiger partial charge in [-0.3, -0.25) is 0 Å². The Balaban J connectivity index is 2.81. The molecular weight excluding hydrogens is 164 g/mol. The maximum absolute atomic E-state index is 5.85. The molecule has 0 fully saturated rings. The van der Waals surface area contributed by atoms with Crippen LogP contribution in [-0.4, -0.2) is 13.7 Å². The molecule has 0 amide bonds. The average molecular weight is 180 g/mol. The normalized spacial score (nSPS) is 9.69. The van der Waals surface area contributed by atoms with Gasteiger partial charge in [0.1, 0.15) is 5.75 Å². The number of nitrogens with two attached hydrogens (primary N) is 1. The predicted molar refractivity (Wildman–Crippen MR) is 56.2 cm³/mol. The molecule has 0 atom stereocenters. The number of nitrogens with one attached hydrogen (secondary N) is 1. The van der Waals surface area contributed by atoms with Crippen molar-refractivity contribution in [1.82, 2.24) is 0 Å². The van der Waals surface area contributed by atoms with Crippen LogP contribution in [0.25, 0.3) is 0 Å². The number of hydrogen-bond acceptors (Lipinski definition) is 3. The number of anilines is 2. The van der Waals surface area contributed by atoms with Crippen LogP contribution in [0.1, 0.15) is 13.3 Å². The Morgan fingerprint density at radius 2 is 2.23 bits per heavy atom. The maximum Gasteiger partial charge on any atom is 0.144 e. The van der Waals surface area contributed by atoms with E-state index in [1.54, 1.807) is 0 Å². The molecule has 3 nitrogen and oxygen atoms in total. The average Bonchev–Trinajstić information content (AvgIpc) is 2.16. The van der Waals surface area contributed by atoms with E-state index in [4.69, 9.17) is 10.5 Å². The Hall–Kier alpha value is -1.38. The van der Waals surface area contributed by atoms with Gasteiger partial charge in [0.05, 0.1) is 18.0 Å². The molecule has 0 aliphatic carbocycles. The van der Waals surface area contributed by atoms with E-state index < -0.39 is 0 Å². The predicted octanol–water partition coefficient (Wildman–Crippen LogP) is 2.10. The lowest BCUT2D eigenvalue weighted by Crippen LogP contribution is -2.01. The lowest BCUT2D eigenvalue weighted by Gasteiger charge is -2.10. The van der Waals surface area contributed by atoms with Gasteiger partial charge < -0.3 is 15.8 Å². The van der Waals surface area contributed by atoms with Crippen LogP contribution < -0.4 is 15.8 Å². The van der Waals surface area contributed by atoms with E-state index in [9.17, 15) is 0 Å². The van der Waals surface area contributed by atoms with Gasteiger partial charge >= 0.3 is 0 Å². The van der Waals surface area contributed by atoms with E-state index in [0.717, 1.165) is 17.9 Å². The third-order valence-corrected chi connectivity index (χ3v) is 1.80. The van der Waals surface area contributed by atoms with Crippen molar-refractivity contribution in [2.24, 2.45) is 0 Å². The van der Waals surface area contributed by atoms with Gasteiger partial charge in [-0.1, -0.05) is 13.0 Å². The van der Waals surface area contributed by atoms with Crippen molar-refractivity contribution in [3.8, 4) is 5.75 Å². The molecule has 1 aromatic carbocycles. The lowest BCUT2D eigenvalue weighted by molar-refractivity contribution is 0.319. The topological polar surface area (TPSA) is 47.3 Å². The molecule has 0 saturated carbocycles. The van der Waals surface area contributed by atoms with Crippen LogP contribution >= 0.6 is 0 Å². The van der Waals surface area contributed by atoms with Crippen molar-refractivity contribution < 1.29 is 4.74 Å². The molecule has 1 aromatic rings. The summed E-state index contributed by atoms with van der Waals surface area (Å²) in [5.41, 5.74) is 7.44. The molecule has 0 aliphatic heterocycles. The summed E-state index contributed by atoms with van der Waals surface area (Å²) in [6, 6.07) is 5.73. The zero-order valence-corrected chi connectivity index (χ0v) is 8.13. The second kappa shape index (κ2) is 4.60. The molecule has 0 aromatic heterocycles. The molecule has 0 heterocycles. The molecule has 0 spiro atoms. The van der Waals surface area contributed by atoms with Gasteiger partial charge in [-0.05, 0) is 18.6 Å². The number of rotatable bonds is 4. The highest BCUT2D eigenvalue weighted by Crippen LogP contribution is 2.28. The van der Waals surface area contributed by atoms with Gasteiger partial charge in [-0.25, -0.2) is 0 Å². The van der Waals surface area contributed by atoms with Gasteiger partial charge in [-0.15, -0.1) is 0 Å². The van der Waals surface area contributed by atoms with Crippen LogP contribution in [-0.2, 0) is 0 Å². The fourth-order valence-corrected chi connectivity index (χ4v) is 1.10. The van der Waals surface area contributed by atoms with Crippen molar-refractivity contribution in [2.75, 3.05) is 24.7 Å². The van der Waals surface area contributed by atoms with E-state index in [0.29, 0.717) is 12.3 Å². The van der Waals surface area contributed by atoms with Crippen LogP contribution in [0.5, 0.6) is 5.75 Å². The minimum Gasteiger partial charge on any atom is -0.491 e. The third-order valence-electron chi connectivity index (χ3n) is 1.80. The Morgan fingerprint density at radius 3 is 2.85 bits per heavy atom. The lowest BCUT2D eigenvalue weighted by atomic mass is 10.2. The highest BCUT2D eigenvalue weighted by Gasteiger charge is 2.03. The zero-order valence-electron chi connectivity index (χ0n) is 8.13. The smallest absolute Gasteiger partial charge is 0.144 e. The van der Waals surface area contributed by atoms with E-state index >= 15 is 0 Å². The van der Waals surface area contributed by atoms with Gasteiger partial charge in [0.2, 0.25) is 0 Å². The first kappa shape index (κ1) is 9.71. The van der Waals surface area contributed by atoms with Gasteiger partial charge in [0, 0.05) is 7.05 Å². The second-order valence-corrected chi connectivity index (χ2v) is 2.82. The molecule has 3 N–H and O–H groups in total. The Morgan fingerprint density at radius 1 is 1.46 bits per heavy atom. The monoisotopic (exact) mass is 180 g/mol. The number of benzene rings is 1. The summed E-state index contributed by atoms with van der Waals surface area (Å²) in [5.74, 6) is 0.758. The first-order valence-corrected chi connectivity index (χ1v) is 4.48. The summed E-state index contributed by atoms with van der Waals surface area (Å²) in [4.78, 5) is 0. The maximum atomic E-state index is 5.85. The van der Waals surface area contributed by atoms with Gasteiger partial charge in [0.15, 0.2) is 0 Å². The quantitative estimate of drug-likeness (QED) is 0.697. The molecule has 0 saturated heterocycles. The zero-order chi connectivity index (χ0) is 9.68. The Kier molecular flexibility index (Phi) is 3.43. The summed E-state index contributed by atoms with van der Waals surface area (Å²) >= 11 is 0. The van der Waals surface area contributed by atoms with E-state index in [-0.39, 0.29) is 0 Å². The van der Waals surface area contributed by atoms with Crippen molar-refractivity contribution >= 4 is 11.4 Å². The Labute approximate surface area is 78.9 Å². The number of hydrogen-bond donors (Lipinski definition) is 2. The van der Waals surface area contributed by atoms with Crippen molar-refractivity contribution in [3.63, 3.8) is 0 Å². The van der Waals surface area contributed by atoms with E-state index in [2.05, 4.69) is 12.2 Å². The molecule has 3 heteroatoms. The summed E-state index contributed by atoms with van der Waals surface area (Å²) in [5, 5.41) is 3.01. The largest absolute Gasteiger partial charge is 0.491 e. The second-order valence-electron chi connectivity index (χ2n) is 2.82. The van der Waals surface area contributed by atoms with Crippen molar-refractivity contribution in [2.45, 2.75) is 13.3 Å². The molecular formula is C10H16N2O. The SMILES string of the molecule is CCCOc1cccc(NC)c1N. The molecule has 13 heavy (non-hydrogen) atoms. The summed E-state index contributed by atoms with van der Waals surface area (Å²) in [6.45, 7) is 2.77. The minimum absolute atomic E-state index is 0.679. The first-order chi connectivity index (χ1) is 6.29. The number of ether oxygens (including phenoxy) is 1. The number of para-hydroxylation sites is 1. The van der Waals surface area contributed by atoms with E-state index in [1.165, 1.54) is 0 Å². The summed E-state index contributed by atoms with van der Waals surface area (Å²) < 4.78 is 5.46. The van der Waals surface area contributed by atoms with Crippen LogP contribution in [0.15, 0.2) is 18.2 Å². The molecule has 0 bridgehead atoms.